The Hall–Kier alpha value is -3.39. The van der Waals surface area contributed by atoms with E-state index in [9.17, 15) is 14.7 Å². The van der Waals surface area contributed by atoms with Crippen LogP contribution in [-0.2, 0) is 18.4 Å². The van der Waals surface area contributed by atoms with Crippen LogP contribution in [0.5, 0.6) is 0 Å². The van der Waals surface area contributed by atoms with Crippen LogP contribution in [0.1, 0.15) is 41.6 Å². The minimum Gasteiger partial charge on any atom is -0.481 e. The molecule has 170 valence electrons. The van der Waals surface area contributed by atoms with E-state index in [1.54, 1.807) is 16.0 Å². The fourth-order valence-electron chi connectivity index (χ4n) is 4.62. The second-order valence-corrected chi connectivity index (χ2v) is 9.68. The van der Waals surface area contributed by atoms with Gasteiger partial charge in [-0.1, -0.05) is 24.3 Å². The Kier molecular flexibility index (Phi) is 5.76. The standard InChI is InChI=1S/C25H26N4O3S/c1-28-14-19(12-26-28)17-4-2-16(3-5-17)13-29-11-10-22-23(29)21(15-33-22)24(30)27-20-8-6-18(7-9-20)25(31)32/h2-5,10-12,14-15,18,20H,6-9,13H2,1H3,(H,27,30)(H,31,32). The smallest absolute Gasteiger partial charge is 0.306 e. The lowest BCUT2D eigenvalue weighted by atomic mass is 9.86. The van der Waals surface area contributed by atoms with Gasteiger partial charge in [-0.05, 0) is 42.9 Å². The SMILES string of the molecule is Cn1cc(-c2ccc(Cn3ccc4scc(C(=O)NC5CCC(C(=O)O)CC5)c43)cc2)cn1. The van der Waals surface area contributed by atoms with E-state index in [0.29, 0.717) is 37.8 Å². The number of aromatic nitrogens is 3. The summed E-state index contributed by atoms with van der Waals surface area (Å²) >= 11 is 1.57. The highest BCUT2D eigenvalue weighted by molar-refractivity contribution is 7.17. The number of fused-ring (bicyclic) bond motifs is 1. The number of carboxylic acid groups (broad SMARTS) is 1. The molecule has 0 bridgehead atoms. The Morgan fingerprint density at radius 1 is 1.12 bits per heavy atom. The molecule has 1 amide bonds. The normalized spacial score (nSPS) is 18.5. The van der Waals surface area contributed by atoms with Crippen LogP contribution >= 0.6 is 11.3 Å². The summed E-state index contributed by atoms with van der Waals surface area (Å²) in [6, 6.07) is 10.5. The Morgan fingerprint density at radius 3 is 2.55 bits per heavy atom. The van der Waals surface area contributed by atoms with E-state index in [0.717, 1.165) is 26.9 Å². The lowest BCUT2D eigenvalue weighted by molar-refractivity contribution is -0.142. The number of rotatable bonds is 6. The van der Waals surface area contributed by atoms with Crippen molar-refractivity contribution in [2.24, 2.45) is 13.0 Å². The number of aryl methyl sites for hydroxylation is 1. The summed E-state index contributed by atoms with van der Waals surface area (Å²) in [6.07, 6.45) is 8.53. The molecule has 1 saturated carbocycles. The number of carbonyl (C=O) groups is 2. The Morgan fingerprint density at radius 2 is 1.88 bits per heavy atom. The minimum atomic E-state index is -0.731. The summed E-state index contributed by atoms with van der Waals surface area (Å²) in [5.74, 6) is -1.09. The summed E-state index contributed by atoms with van der Waals surface area (Å²) in [5, 5.41) is 18.5. The fraction of sp³-hybridized carbons (Fsp3) is 0.320. The molecule has 8 heteroatoms. The molecule has 1 aromatic carbocycles. The largest absolute Gasteiger partial charge is 0.481 e. The molecule has 3 aromatic heterocycles. The molecule has 1 aliphatic rings. The highest BCUT2D eigenvalue weighted by Crippen LogP contribution is 2.30. The van der Waals surface area contributed by atoms with Gasteiger partial charge in [0.25, 0.3) is 5.91 Å². The van der Waals surface area contributed by atoms with Crippen molar-refractivity contribution < 1.29 is 14.7 Å². The fourth-order valence-corrected chi connectivity index (χ4v) is 5.57. The zero-order chi connectivity index (χ0) is 22.9. The average molecular weight is 463 g/mol. The monoisotopic (exact) mass is 462 g/mol. The molecule has 0 radical (unpaired) electrons. The predicted octanol–water partition coefficient (Wildman–Crippen LogP) is 4.52. The third-order valence-electron chi connectivity index (χ3n) is 6.49. The summed E-state index contributed by atoms with van der Waals surface area (Å²) in [5.41, 5.74) is 5.00. The number of carboxylic acids is 1. The van der Waals surface area contributed by atoms with Gasteiger partial charge in [-0.15, -0.1) is 11.3 Å². The van der Waals surface area contributed by atoms with Crippen molar-refractivity contribution in [3.05, 3.63) is 65.4 Å². The Labute approximate surface area is 195 Å². The molecule has 33 heavy (non-hydrogen) atoms. The van der Waals surface area contributed by atoms with Crippen LogP contribution in [0.15, 0.2) is 54.3 Å². The first-order valence-electron chi connectivity index (χ1n) is 11.2. The molecule has 1 fully saturated rings. The molecule has 7 nitrogen and oxygen atoms in total. The molecule has 0 atom stereocenters. The van der Waals surface area contributed by atoms with Crippen molar-refractivity contribution in [2.75, 3.05) is 0 Å². The topological polar surface area (TPSA) is 89.2 Å². The molecule has 2 N–H and O–H groups in total. The van der Waals surface area contributed by atoms with Gasteiger partial charge in [0, 0.05) is 43.0 Å². The van der Waals surface area contributed by atoms with Crippen molar-refractivity contribution in [3.63, 3.8) is 0 Å². The quantitative estimate of drug-likeness (QED) is 0.441. The molecule has 1 aliphatic carbocycles. The lowest BCUT2D eigenvalue weighted by Gasteiger charge is -2.26. The van der Waals surface area contributed by atoms with Crippen LogP contribution in [0.4, 0.5) is 0 Å². The molecule has 4 aromatic rings. The maximum Gasteiger partial charge on any atom is 0.306 e. The third-order valence-corrected chi connectivity index (χ3v) is 7.42. The van der Waals surface area contributed by atoms with Gasteiger partial charge in [-0.2, -0.15) is 5.10 Å². The van der Waals surface area contributed by atoms with E-state index in [-0.39, 0.29) is 17.9 Å². The predicted molar refractivity (Wildman–Crippen MR) is 128 cm³/mol. The van der Waals surface area contributed by atoms with Crippen molar-refractivity contribution in [3.8, 4) is 11.1 Å². The number of thiophene rings is 1. The molecule has 0 aliphatic heterocycles. The van der Waals surface area contributed by atoms with Crippen molar-refractivity contribution in [2.45, 2.75) is 38.3 Å². The zero-order valence-corrected chi connectivity index (χ0v) is 19.2. The summed E-state index contributed by atoms with van der Waals surface area (Å²) < 4.78 is 5.00. The van der Waals surface area contributed by atoms with Gasteiger partial charge in [-0.3, -0.25) is 14.3 Å². The number of hydrogen-bond acceptors (Lipinski definition) is 4. The molecule has 0 unspecified atom stereocenters. The van der Waals surface area contributed by atoms with Crippen LogP contribution in [0.25, 0.3) is 21.3 Å². The first-order chi connectivity index (χ1) is 16.0. The molecular weight excluding hydrogens is 436 g/mol. The van der Waals surface area contributed by atoms with Crippen LogP contribution in [0.3, 0.4) is 0 Å². The third kappa shape index (κ3) is 4.43. The van der Waals surface area contributed by atoms with Gasteiger partial charge in [-0.25, -0.2) is 0 Å². The summed E-state index contributed by atoms with van der Waals surface area (Å²) in [4.78, 5) is 24.2. The molecule has 5 rings (SSSR count). The molecule has 0 spiro atoms. The highest BCUT2D eigenvalue weighted by Gasteiger charge is 2.27. The molecule has 3 heterocycles. The zero-order valence-electron chi connectivity index (χ0n) is 18.4. The second kappa shape index (κ2) is 8.86. The molecular formula is C25H26N4O3S. The number of nitrogens with one attached hydrogen (secondary N) is 1. The van der Waals surface area contributed by atoms with Crippen LogP contribution in [0.2, 0.25) is 0 Å². The maximum absolute atomic E-state index is 13.1. The Bertz CT molecular complexity index is 1290. The maximum atomic E-state index is 13.1. The summed E-state index contributed by atoms with van der Waals surface area (Å²) in [7, 11) is 1.91. The van der Waals surface area contributed by atoms with Gasteiger partial charge in [0.05, 0.1) is 27.9 Å². The first-order valence-corrected chi connectivity index (χ1v) is 12.0. The number of carbonyl (C=O) groups excluding carboxylic acids is 1. The van der Waals surface area contributed by atoms with Gasteiger partial charge in [0.2, 0.25) is 0 Å². The van der Waals surface area contributed by atoms with Gasteiger partial charge < -0.3 is 15.0 Å². The van der Waals surface area contributed by atoms with Gasteiger partial charge >= 0.3 is 5.97 Å². The Balaban J connectivity index is 1.30. The van der Waals surface area contributed by atoms with Gasteiger partial charge in [0.15, 0.2) is 0 Å². The number of benzene rings is 1. The average Bonchev–Trinajstić information content (AvgIpc) is 3.52. The first kappa shape index (κ1) is 21.5. The number of amides is 1. The van der Waals surface area contributed by atoms with Crippen molar-refractivity contribution in [1.82, 2.24) is 19.7 Å². The van der Waals surface area contributed by atoms with Gasteiger partial charge in [0.1, 0.15) is 0 Å². The summed E-state index contributed by atoms with van der Waals surface area (Å²) in [6.45, 7) is 0.678. The van der Waals surface area contributed by atoms with Crippen LogP contribution in [-0.4, -0.2) is 37.4 Å². The van der Waals surface area contributed by atoms with Crippen molar-refractivity contribution >= 4 is 33.4 Å². The number of nitrogens with zero attached hydrogens (tertiary/aromatic N) is 3. The number of hydrogen-bond donors (Lipinski definition) is 2. The van der Waals surface area contributed by atoms with Crippen LogP contribution in [0, 0.1) is 5.92 Å². The van der Waals surface area contributed by atoms with Crippen LogP contribution < -0.4 is 5.32 Å². The lowest BCUT2D eigenvalue weighted by Crippen LogP contribution is -2.38. The van der Waals surface area contributed by atoms with Crippen molar-refractivity contribution in [1.29, 1.82) is 0 Å². The van der Waals surface area contributed by atoms with E-state index < -0.39 is 5.97 Å². The van der Waals surface area contributed by atoms with E-state index in [1.807, 2.05) is 31.0 Å². The second-order valence-electron chi connectivity index (χ2n) is 8.77. The van der Waals surface area contributed by atoms with E-state index in [4.69, 9.17) is 0 Å². The molecule has 0 saturated heterocycles. The van der Waals surface area contributed by atoms with E-state index in [2.05, 4.69) is 45.3 Å². The minimum absolute atomic E-state index is 0.0338. The van der Waals surface area contributed by atoms with E-state index in [1.165, 1.54) is 0 Å². The number of aliphatic carboxylic acids is 1. The highest BCUT2D eigenvalue weighted by atomic mass is 32.1. The van der Waals surface area contributed by atoms with E-state index >= 15 is 0 Å².